The summed E-state index contributed by atoms with van der Waals surface area (Å²) in [6.45, 7) is 3.87. The molecule has 3 rings (SSSR count). The summed E-state index contributed by atoms with van der Waals surface area (Å²) in [6.07, 6.45) is 3.93. The van der Waals surface area contributed by atoms with E-state index in [2.05, 4.69) is 36.4 Å². The molecule has 1 aromatic carbocycles. The molecule has 19 heavy (non-hydrogen) atoms. The van der Waals surface area contributed by atoms with Gasteiger partial charge in [-0.3, -0.25) is 4.90 Å². The van der Waals surface area contributed by atoms with E-state index < -0.39 is 0 Å². The summed E-state index contributed by atoms with van der Waals surface area (Å²) >= 11 is 3.61. The second-order valence-corrected chi connectivity index (χ2v) is 5.56. The van der Waals surface area contributed by atoms with E-state index in [9.17, 15) is 0 Å². The molecule has 5 heteroatoms. The molecule has 1 aliphatic rings. The third-order valence-electron chi connectivity index (χ3n) is 3.47. The highest BCUT2D eigenvalue weighted by atomic mass is 79.9. The monoisotopic (exact) mass is 321 g/mol. The number of fused-ring (bicyclic) bond motifs is 1. The van der Waals surface area contributed by atoms with Gasteiger partial charge in [0, 0.05) is 36.5 Å². The van der Waals surface area contributed by atoms with Crippen molar-refractivity contribution in [2.24, 2.45) is 0 Å². The minimum Gasteiger partial charge on any atom is -0.497 e. The third kappa shape index (κ3) is 2.67. The summed E-state index contributed by atoms with van der Waals surface area (Å²) in [4.78, 5) is 6.79. The first kappa shape index (κ1) is 12.7. The van der Waals surface area contributed by atoms with Crippen LogP contribution in [0.1, 0.15) is 11.4 Å². The Morgan fingerprint density at radius 3 is 3.11 bits per heavy atom. The molecule has 0 fully saturated rings. The molecule has 0 aliphatic carbocycles. The summed E-state index contributed by atoms with van der Waals surface area (Å²) in [5, 5.41) is 0. The first-order valence-corrected chi connectivity index (χ1v) is 7.10. The predicted molar refractivity (Wildman–Crippen MR) is 77.0 cm³/mol. The lowest BCUT2D eigenvalue weighted by molar-refractivity contribution is 0.208. The van der Waals surface area contributed by atoms with Crippen molar-refractivity contribution in [3.8, 4) is 5.75 Å². The van der Waals surface area contributed by atoms with Crippen LogP contribution in [0.3, 0.4) is 0 Å². The summed E-state index contributed by atoms with van der Waals surface area (Å²) in [5.41, 5.74) is 1.25. The van der Waals surface area contributed by atoms with Gasteiger partial charge < -0.3 is 9.30 Å². The van der Waals surface area contributed by atoms with Crippen molar-refractivity contribution in [1.82, 2.24) is 14.5 Å². The highest BCUT2D eigenvalue weighted by molar-refractivity contribution is 9.10. The quantitative estimate of drug-likeness (QED) is 0.870. The molecule has 0 radical (unpaired) electrons. The van der Waals surface area contributed by atoms with Gasteiger partial charge in [0.2, 0.25) is 0 Å². The Bertz CT molecular complexity index is 582. The van der Waals surface area contributed by atoms with E-state index in [1.165, 1.54) is 5.56 Å². The maximum absolute atomic E-state index is 5.29. The van der Waals surface area contributed by atoms with Crippen LogP contribution >= 0.6 is 15.9 Å². The number of halogens is 1. The maximum atomic E-state index is 5.29. The van der Waals surface area contributed by atoms with E-state index in [-0.39, 0.29) is 0 Å². The van der Waals surface area contributed by atoms with Crippen molar-refractivity contribution < 1.29 is 4.74 Å². The molecule has 0 bridgehead atoms. The van der Waals surface area contributed by atoms with Crippen molar-refractivity contribution >= 4 is 15.9 Å². The number of hydrogen-bond acceptors (Lipinski definition) is 3. The summed E-state index contributed by atoms with van der Waals surface area (Å²) < 4.78 is 8.63. The van der Waals surface area contributed by atoms with E-state index in [4.69, 9.17) is 4.74 Å². The lowest BCUT2D eigenvalue weighted by Gasteiger charge is -2.28. The van der Waals surface area contributed by atoms with E-state index in [0.717, 1.165) is 42.2 Å². The van der Waals surface area contributed by atoms with Crippen molar-refractivity contribution in [2.75, 3.05) is 13.7 Å². The van der Waals surface area contributed by atoms with Crippen LogP contribution in [-0.2, 0) is 19.6 Å². The van der Waals surface area contributed by atoms with Crippen molar-refractivity contribution in [1.29, 1.82) is 0 Å². The highest BCUT2D eigenvalue weighted by Gasteiger charge is 2.17. The normalized spacial score (nSPS) is 15.3. The molecule has 0 amide bonds. The smallest absolute Gasteiger partial charge is 0.122 e. The molecule has 100 valence electrons. The number of aromatic nitrogens is 2. The molecule has 0 atom stereocenters. The van der Waals surface area contributed by atoms with Gasteiger partial charge in [0.25, 0.3) is 0 Å². The Balaban J connectivity index is 1.76. The van der Waals surface area contributed by atoms with E-state index in [0.29, 0.717) is 0 Å². The van der Waals surface area contributed by atoms with Gasteiger partial charge in [0.05, 0.1) is 13.7 Å². The lowest BCUT2D eigenvalue weighted by Crippen LogP contribution is -2.33. The molecule has 2 heterocycles. The van der Waals surface area contributed by atoms with Crippen molar-refractivity contribution in [3.63, 3.8) is 0 Å². The average Bonchev–Trinajstić information content (AvgIpc) is 2.89. The zero-order valence-corrected chi connectivity index (χ0v) is 12.4. The number of ether oxygens (including phenoxy) is 1. The van der Waals surface area contributed by atoms with Gasteiger partial charge in [-0.2, -0.15) is 0 Å². The topological polar surface area (TPSA) is 30.3 Å². The predicted octanol–water partition coefficient (Wildman–Crippen LogP) is 2.67. The molecule has 1 aliphatic heterocycles. The van der Waals surface area contributed by atoms with E-state index >= 15 is 0 Å². The highest BCUT2D eigenvalue weighted by Crippen LogP contribution is 2.25. The number of nitrogens with zero attached hydrogens (tertiary/aromatic N) is 3. The van der Waals surface area contributed by atoms with Crippen molar-refractivity contribution in [2.45, 2.75) is 19.6 Å². The van der Waals surface area contributed by atoms with Gasteiger partial charge in [-0.1, -0.05) is 15.9 Å². The van der Waals surface area contributed by atoms with E-state index in [1.807, 2.05) is 24.5 Å². The molecule has 0 unspecified atom stereocenters. The second kappa shape index (κ2) is 5.35. The largest absolute Gasteiger partial charge is 0.497 e. The van der Waals surface area contributed by atoms with Crippen LogP contribution in [0.15, 0.2) is 35.1 Å². The number of methoxy groups -OCH3 is 1. The first-order valence-electron chi connectivity index (χ1n) is 6.31. The van der Waals surface area contributed by atoms with Crippen molar-refractivity contribution in [3.05, 3.63) is 46.5 Å². The van der Waals surface area contributed by atoms with Gasteiger partial charge >= 0.3 is 0 Å². The standard InChI is InChI=1S/C14H16BrN3O/c1-19-12-2-3-13(15)11(8-12)9-17-6-7-18-5-4-16-14(18)10-17/h2-5,8H,6-7,9-10H2,1H3. The van der Waals surface area contributed by atoms with Crippen LogP contribution in [0.5, 0.6) is 5.75 Å². The molecular formula is C14H16BrN3O. The first-order chi connectivity index (χ1) is 9.26. The molecular weight excluding hydrogens is 306 g/mol. The average molecular weight is 322 g/mol. The molecule has 0 spiro atoms. The fourth-order valence-corrected chi connectivity index (χ4v) is 2.77. The number of imidazole rings is 1. The molecule has 0 saturated heterocycles. The van der Waals surface area contributed by atoms with Crippen LogP contribution in [0.2, 0.25) is 0 Å². The minimum absolute atomic E-state index is 0.899. The lowest BCUT2D eigenvalue weighted by atomic mass is 10.2. The molecule has 2 aromatic rings. The Kier molecular flexibility index (Phi) is 3.57. The molecule has 0 saturated carbocycles. The minimum atomic E-state index is 0.899. The van der Waals surface area contributed by atoms with Gasteiger partial charge in [-0.15, -0.1) is 0 Å². The summed E-state index contributed by atoms with van der Waals surface area (Å²) in [7, 11) is 1.70. The Labute approximate surface area is 121 Å². The number of benzene rings is 1. The van der Waals surface area contributed by atoms with E-state index in [1.54, 1.807) is 7.11 Å². The number of rotatable bonds is 3. The van der Waals surface area contributed by atoms with Crippen LogP contribution in [0.4, 0.5) is 0 Å². The Morgan fingerprint density at radius 2 is 2.26 bits per heavy atom. The van der Waals surface area contributed by atoms with Gasteiger partial charge in [-0.25, -0.2) is 4.98 Å². The fraction of sp³-hybridized carbons (Fsp3) is 0.357. The molecule has 0 N–H and O–H groups in total. The summed E-state index contributed by atoms with van der Waals surface area (Å²) in [6, 6.07) is 6.10. The Hall–Kier alpha value is -1.33. The zero-order valence-electron chi connectivity index (χ0n) is 10.8. The fourth-order valence-electron chi connectivity index (χ4n) is 2.40. The molecule has 4 nitrogen and oxygen atoms in total. The maximum Gasteiger partial charge on any atom is 0.122 e. The van der Waals surface area contributed by atoms with Crippen LogP contribution in [-0.4, -0.2) is 28.1 Å². The Morgan fingerprint density at radius 1 is 1.37 bits per heavy atom. The van der Waals surface area contributed by atoms with Crippen LogP contribution in [0.25, 0.3) is 0 Å². The van der Waals surface area contributed by atoms with Gasteiger partial charge in [-0.05, 0) is 23.8 Å². The SMILES string of the molecule is COc1ccc(Br)c(CN2CCn3ccnc3C2)c1. The van der Waals surface area contributed by atoms with Crippen LogP contribution < -0.4 is 4.74 Å². The van der Waals surface area contributed by atoms with Gasteiger partial charge in [0.1, 0.15) is 11.6 Å². The molecule has 1 aromatic heterocycles. The van der Waals surface area contributed by atoms with Crippen LogP contribution in [0, 0.1) is 0 Å². The second-order valence-electron chi connectivity index (χ2n) is 4.70. The van der Waals surface area contributed by atoms with Gasteiger partial charge in [0.15, 0.2) is 0 Å². The number of hydrogen-bond donors (Lipinski definition) is 0. The summed E-state index contributed by atoms with van der Waals surface area (Å²) in [5.74, 6) is 2.04. The third-order valence-corrected chi connectivity index (χ3v) is 4.24. The zero-order chi connectivity index (χ0) is 13.2.